The Bertz CT molecular complexity index is 897. The molecule has 1 aliphatic rings. The van der Waals surface area contributed by atoms with Crippen LogP contribution in [0.1, 0.15) is 28.8 Å². The van der Waals surface area contributed by atoms with Crippen molar-refractivity contribution < 1.29 is 24.2 Å². The fourth-order valence-corrected chi connectivity index (χ4v) is 3.30. The van der Waals surface area contributed by atoms with E-state index in [-0.39, 0.29) is 29.9 Å². The van der Waals surface area contributed by atoms with E-state index in [0.717, 1.165) is 12.0 Å². The average molecular weight is 396 g/mol. The van der Waals surface area contributed by atoms with E-state index in [0.29, 0.717) is 30.9 Å². The number of rotatable bonds is 6. The van der Waals surface area contributed by atoms with Gasteiger partial charge in [-0.2, -0.15) is 0 Å². The van der Waals surface area contributed by atoms with Gasteiger partial charge in [0.25, 0.3) is 5.91 Å². The number of carbonyl (C=O) groups excluding carboxylic acids is 2. The van der Waals surface area contributed by atoms with Crippen LogP contribution in [0.2, 0.25) is 0 Å². The van der Waals surface area contributed by atoms with E-state index in [9.17, 15) is 14.4 Å². The highest BCUT2D eigenvalue weighted by Gasteiger charge is 2.29. The molecule has 7 heteroatoms. The third kappa shape index (κ3) is 5.34. The molecule has 2 aromatic rings. The molecule has 1 fully saturated rings. The molecule has 2 amide bonds. The third-order valence-electron chi connectivity index (χ3n) is 4.99. The van der Waals surface area contributed by atoms with Gasteiger partial charge >= 0.3 is 5.97 Å². The highest BCUT2D eigenvalue weighted by Crippen LogP contribution is 2.22. The molecule has 1 aliphatic heterocycles. The Kier molecular flexibility index (Phi) is 6.49. The molecule has 1 atom stereocenters. The molecule has 29 heavy (non-hydrogen) atoms. The lowest BCUT2D eigenvalue weighted by molar-refractivity contribution is -0.136. The van der Waals surface area contributed by atoms with Gasteiger partial charge in [0.2, 0.25) is 5.91 Å². The van der Waals surface area contributed by atoms with Crippen LogP contribution in [0.3, 0.4) is 0 Å². The van der Waals surface area contributed by atoms with E-state index in [4.69, 9.17) is 9.84 Å². The topological polar surface area (TPSA) is 95.9 Å². The molecule has 2 aromatic carbocycles. The normalized spacial score (nSPS) is 16.2. The van der Waals surface area contributed by atoms with Gasteiger partial charge in [0.1, 0.15) is 5.75 Å². The molecule has 0 radical (unpaired) electrons. The number of likely N-dealkylation sites (tertiary alicyclic amines) is 1. The van der Waals surface area contributed by atoms with Crippen molar-refractivity contribution in [2.75, 3.05) is 25.0 Å². The van der Waals surface area contributed by atoms with Crippen molar-refractivity contribution in [3.05, 3.63) is 59.7 Å². The number of hydrogen-bond donors (Lipinski definition) is 2. The summed E-state index contributed by atoms with van der Waals surface area (Å²) in [5.41, 5.74) is 1.37. The Labute approximate surface area is 169 Å². The molecule has 0 bridgehead atoms. The summed E-state index contributed by atoms with van der Waals surface area (Å²) < 4.78 is 5.52. The van der Waals surface area contributed by atoms with Gasteiger partial charge in [-0.3, -0.25) is 9.59 Å². The van der Waals surface area contributed by atoms with Crippen LogP contribution >= 0.6 is 0 Å². The summed E-state index contributed by atoms with van der Waals surface area (Å²) in [6.45, 7) is 2.64. The molecule has 7 nitrogen and oxygen atoms in total. The molecule has 2 N–H and O–H groups in total. The number of hydrogen-bond acceptors (Lipinski definition) is 4. The standard InChI is InChI=1S/C22H24N2O5/c1-15-9-10-16(22(27)28)12-19(15)23-21(26)17-6-5-11-24(13-17)20(25)14-29-18-7-3-2-4-8-18/h2-4,7-10,12,17H,5-6,11,13-14H2,1H3,(H,23,26)(H,27,28). The number of piperidine rings is 1. The molecule has 0 aromatic heterocycles. The molecule has 1 heterocycles. The first-order valence-electron chi connectivity index (χ1n) is 9.54. The number of carboxylic acids is 1. The molecule has 1 saturated heterocycles. The Morgan fingerprint density at radius 1 is 1.17 bits per heavy atom. The largest absolute Gasteiger partial charge is 0.484 e. The molecule has 0 aliphatic carbocycles. The first-order valence-corrected chi connectivity index (χ1v) is 9.54. The number of aromatic carboxylic acids is 1. The highest BCUT2D eigenvalue weighted by molar-refractivity contribution is 5.96. The van der Waals surface area contributed by atoms with Gasteiger partial charge in [0.05, 0.1) is 11.5 Å². The summed E-state index contributed by atoms with van der Waals surface area (Å²) in [6, 6.07) is 13.7. The van der Waals surface area contributed by atoms with Crippen LogP contribution in [0.4, 0.5) is 5.69 Å². The van der Waals surface area contributed by atoms with Crippen molar-refractivity contribution in [1.29, 1.82) is 0 Å². The highest BCUT2D eigenvalue weighted by atomic mass is 16.5. The third-order valence-corrected chi connectivity index (χ3v) is 4.99. The predicted octanol–water partition coefficient (Wildman–Crippen LogP) is 2.95. The second-order valence-corrected chi connectivity index (χ2v) is 7.10. The van der Waals surface area contributed by atoms with Gasteiger partial charge < -0.3 is 20.1 Å². The van der Waals surface area contributed by atoms with Gasteiger partial charge in [-0.1, -0.05) is 24.3 Å². The number of nitrogens with one attached hydrogen (secondary N) is 1. The van der Waals surface area contributed by atoms with Crippen molar-refractivity contribution in [2.45, 2.75) is 19.8 Å². The van der Waals surface area contributed by atoms with Gasteiger partial charge in [-0.05, 0) is 49.6 Å². The Morgan fingerprint density at radius 3 is 2.66 bits per heavy atom. The smallest absolute Gasteiger partial charge is 0.335 e. The van der Waals surface area contributed by atoms with Crippen LogP contribution < -0.4 is 10.1 Å². The van der Waals surface area contributed by atoms with Crippen molar-refractivity contribution in [1.82, 2.24) is 4.90 Å². The zero-order valence-electron chi connectivity index (χ0n) is 16.3. The summed E-state index contributed by atoms with van der Waals surface area (Å²) in [6.07, 6.45) is 1.40. The minimum Gasteiger partial charge on any atom is -0.484 e. The van der Waals surface area contributed by atoms with Crippen LogP contribution in [-0.4, -0.2) is 47.5 Å². The average Bonchev–Trinajstić information content (AvgIpc) is 2.74. The first-order chi connectivity index (χ1) is 13.9. The van der Waals surface area contributed by atoms with Crippen LogP contribution in [0.5, 0.6) is 5.75 Å². The second kappa shape index (κ2) is 9.23. The van der Waals surface area contributed by atoms with Crippen molar-refractivity contribution >= 4 is 23.5 Å². The van der Waals surface area contributed by atoms with Gasteiger partial charge in [0.15, 0.2) is 6.61 Å². The number of carboxylic acid groups (broad SMARTS) is 1. The molecule has 0 spiro atoms. The second-order valence-electron chi connectivity index (χ2n) is 7.10. The molecule has 3 rings (SSSR count). The quantitative estimate of drug-likeness (QED) is 0.783. The summed E-state index contributed by atoms with van der Waals surface area (Å²) in [5, 5.41) is 12.0. The van der Waals surface area contributed by atoms with Crippen LogP contribution in [0.15, 0.2) is 48.5 Å². The van der Waals surface area contributed by atoms with E-state index in [1.165, 1.54) is 12.1 Å². The Balaban J connectivity index is 1.58. The zero-order valence-corrected chi connectivity index (χ0v) is 16.3. The number of anilines is 1. The summed E-state index contributed by atoms with van der Waals surface area (Å²) >= 11 is 0. The maximum absolute atomic E-state index is 12.7. The maximum atomic E-state index is 12.7. The minimum absolute atomic E-state index is 0.0713. The molecule has 0 saturated carbocycles. The van der Waals surface area contributed by atoms with E-state index in [2.05, 4.69) is 5.32 Å². The van der Waals surface area contributed by atoms with Crippen LogP contribution in [-0.2, 0) is 9.59 Å². The first kappa shape index (κ1) is 20.4. The number of ether oxygens (including phenoxy) is 1. The van der Waals surface area contributed by atoms with Crippen molar-refractivity contribution in [2.24, 2.45) is 5.92 Å². The number of aryl methyl sites for hydroxylation is 1. The fraction of sp³-hybridized carbons (Fsp3) is 0.318. The van der Waals surface area contributed by atoms with Crippen molar-refractivity contribution in [3.8, 4) is 5.75 Å². The van der Waals surface area contributed by atoms with Gasteiger partial charge in [-0.25, -0.2) is 4.79 Å². The Morgan fingerprint density at radius 2 is 1.93 bits per heavy atom. The van der Waals surface area contributed by atoms with Gasteiger partial charge in [0, 0.05) is 18.8 Å². The van der Waals surface area contributed by atoms with E-state index >= 15 is 0 Å². The number of para-hydroxylation sites is 1. The minimum atomic E-state index is -1.05. The SMILES string of the molecule is Cc1ccc(C(=O)O)cc1NC(=O)C1CCCN(C(=O)COc2ccccc2)C1. The summed E-state index contributed by atoms with van der Waals surface area (Å²) in [7, 11) is 0. The van der Waals surface area contributed by atoms with E-state index in [1.54, 1.807) is 30.0 Å². The van der Waals surface area contributed by atoms with Gasteiger partial charge in [-0.15, -0.1) is 0 Å². The molecular formula is C22H24N2O5. The number of benzene rings is 2. The zero-order chi connectivity index (χ0) is 20.8. The predicted molar refractivity (Wildman–Crippen MR) is 108 cm³/mol. The summed E-state index contributed by atoms with van der Waals surface area (Å²) in [4.78, 5) is 38.0. The lowest BCUT2D eigenvalue weighted by Gasteiger charge is -2.32. The Hall–Kier alpha value is -3.35. The molecule has 1 unspecified atom stereocenters. The number of nitrogens with zero attached hydrogens (tertiary/aromatic N) is 1. The molecular weight excluding hydrogens is 372 g/mol. The van der Waals surface area contributed by atoms with Crippen LogP contribution in [0.25, 0.3) is 0 Å². The molecule has 152 valence electrons. The van der Waals surface area contributed by atoms with E-state index in [1.807, 2.05) is 18.2 Å². The lowest BCUT2D eigenvalue weighted by atomic mass is 9.96. The van der Waals surface area contributed by atoms with Crippen molar-refractivity contribution in [3.63, 3.8) is 0 Å². The number of carbonyl (C=O) groups is 3. The lowest BCUT2D eigenvalue weighted by Crippen LogP contribution is -2.45. The van der Waals surface area contributed by atoms with E-state index < -0.39 is 5.97 Å². The summed E-state index contributed by atoms with van der Waals surface area (Å²) in [5.74, 6) is -1.14. The fourth-order valence-electron chi connectivity index (χ4n) is 3.30. The maximum Gasteiger partial charge on any atom is 0.335 e. The van der Waals surface area contributed by atoms with Crippen LogP contribution in [0, 0.1) is 12.8 Å². The monoisotopic (exact) mass is 396 g/mol. The number of amides is 2.